The molecule has 70 valence electrons. The van der Waals surface area contributed by atoms with Crippen molar-refractivity contribution >= 4 is 0 Å². The predicted octanol–water partition coefficient (Wildman–Crippen LogP) is 2.71. The summed E-state index contributed by atoms with van der Waals surface area (Å²) in [6.07, 6.45) is 10.1. The van der Waals surface area contributed by atoms with Gasteiger partial charge >= 0.3 is 0 Å². The summed E-state index contributed by atoms with van der Waals surface area (Å²) in [6, 6.07) is 0. The summed E-state index contributed by atoms with van der Waals surface area (Å²) in [6.45, 7) is 3.68. The normalized spacial score (nSPS) is 37.8. The van der Waals surface area contributed by atoms with Crippen LogP contribution in [0, 0.1) is 5.92 Å². The second kappa shape index (κ2) is 3.37. The van der Waals surface area contributed by atoms with Gasteiger partial charge in [0.1, 0.15) is 0 Å². The lowest BCUT2D eigenvalue weighted by Crippen LogP contribution is -2.41. The van der Waals surface area contributed by atoms with E-state index in [2.05, 4.69) is 12.2 Å². The van der Waals surface area contributed by atoms with Gasteiger partial charge in [0.25, 0.3) is 0 Å². The first-order chi connectivity index (χ1) is 5.79. The SMILES string of the molecule is CC1(CC2CC2)CCCCCN1. The molecule has 2 aliphatic rings. The molecule has 1 saturated heterocycles. The van der Waals surface area contributed by atoms with Gasteiger partial charge in [-0.05, 0) is 38.6 Å². The van der Waals surface area contributed by atoms with Crippen LogP contribution >= 0.6 is 0 Å². The van der Waals surface area contributed by atoms with Gasteiger partial charge in [-0.1, -0.05) is 25.7 Å². The van der Waals surface area contributed by atoms with Crippen molar-refractivity contribution < 1.29 is 0 Å². The minimum absolute atomic E-state index is 0.498. The fraction of sp³-hybridized carbons (Fsp3) is 1.00. The monoisotopic (exact) mass is 167 g/mol. The zero-order valence-corrected chi connectivity index (χ0v) is 8.23. The Bertz CT molecular complexity index is 141. The molecule has 1 aliphatic heterocycles. The first-order valence-corrected chi connectivity index (χ1v) is 5.54. The standard InChI is InChI=1S/C11H21N/c1-11(9-10-5-6-10)7-3-2-4-8-12-11/h10,12H,2-9H2,1H3. The molecule has 0 aromatic rings. The molecule has 0 aromatic heterocycles. The quantitative estimate of drug-likeness (QED) is 0.667. The smallest absolute Gasteiger partial charge is 0.0156 e. The lowest BCUT2D eigenvalue weighted by Gasteiger charge is -2.29. The third kappa shape index (κ3) is 2.22. The Morgan fingerprint density at radius 2 is 2.08 bits per heavy atom. The highest BCUT2D eigenvalue weighted by Gasteiger charge is 2.33. The van der Waals surface area contributed by atoms with Gasteiger partial charge in [0.15, 0.2) is 0 Å². The molecular weight excluding hydrogens is 146 g/mol. The molecular formula is C11H21N. The van der Waals surface area contributed by atoms with Gasteiger partial charge in [-0.2, -0.15) is 0 Å². The molecule has 1 aliphatic carbocycles. The molecule has 0 spiro atoms. The third-order valence-corrected chi connectivity index (χ3v) is 3.39. The molecule has 1 nitrogen and oxygen atoms in total. The van der Waals surface area contributed by atoms with E-state index in [1.54, 1.807) is 0 Å². The first-order valence-electron chi connectivity index (χ1n) is 5.54. The van der Waals surface area contributed by atoms with E-state index in [1.165, 1.54) is 51.5 Å². The van der Waals surface area contributed by atoms with Crippen molar-refractivity contribution in [2.45, 2.75) is 57.4 Å². The van der Waals surface area contributed by atoms with Crippen molar-refractivity contribution in [1.29, 1.82) is 0 Å². The maximum Gasteiger partial charge on any atom is 0.0156 e. The first kappa shape index (κ1) is 8.55. The average Bonchev–Trinajstić information content (AvgIpc) is 2.80. The minimum Gasteiger partial charge on any atom is -0.312 e. The summed E-state index contributed by atoms with van der Waals surface area (Å²) in [7, 11) is 0. The van der Waals surface area contributed by atoms with Crippen LogP contribution in [0.4, 0.5) is 0 Å². The van der Waals surface area contributed by atoms with Crippen LogP contribution in [0.25, 0.3) is 0 Å². The van der Waals surface area contributed by atoms with Crippen molar-refractivity contribution in [2.75, 3.05) is 6.54 Å². The van der Waals surface area contributed by atoms with Gasteiger partial charge in [-0.25, -0.2) is 0 Å². The highest BCUT2D eigenvalue weighted by atomic mass is 15.0. The summed E-state index contributed by atoms with van der Waals surface area (Å²) < 4.78 is 0. The third-order valence-electron chi connectivity index (χ3n) is 3.39. The summed E-state index contributed by atoms with van der Waals surface area (Å²) in [4.78, 5) is 0. The van der Waals surface area contributed by atoms with E-state index in [4.69, 9.17) is 0 Å². The van der Waals surface area contributed by atoms with Gasteiger partial charge in [-0.15, -0.1) is 0 Å². The largest absolute Gasteiger partial charge is 0.312 e. The van der Waals surface area contributed by atoms with E-state index in [9.17, 15) is 0 Å². The summed E-state index contributed by atoms with van der Waals surface area (Å²) >= 11 is 0. The van der Waals surface area contributed by atoms with Gasteiger partial charge in [0, 0.05) is 5.54 Å². The van der Waals surface area contributed by atoms with Crippen LogP contribution in [0.2, 0.25) is 0 Å². The lowest BCUT2D eigenvalue weighted by atomic mass is 9.90. The molecule has 0 amide bonds. The molecule has 0 radical (unpaired) electrons. The Morgan fingerprint density at radius 1 is 1.25 bits per heavy atom. The van der Waals surface area contributed by atoms with Crippen molar-refractivity contribution in [3.05, 3.63) is 0 Å². The maximum atomic E-state index is 3.73. The minimum atomic E-state index is 0.498. The fourth-order valence-corrected chi connectivity index (χ4v) is 2.43. The molecule has 2 rings (SSSR count). The van der Waals surface area contributed by atoms with Crippen LogP contribution in [0.3, 0.4) is 0 Å². The highest BCUT2D eigenvalue weighted by molar-refractivity contribution is 4.91. The topological polar surface area (TPSA) is 12.0 Å². The Labute approximate surface area is 75.9 Å². The molecule has 1 heteroatoms. The molecule has 12 heavy (non-hydrogen) atoms. The summed E-state index contributed by atoms with van der Waals surface area (Å²) in [5, 5.41) is 3.73. The lowest BCUT2D eigenvalue weighted by molar-refractivity contribution is 0.308. The van der Waals surface area contributed by atoms with Gasteiger partial charge in [0.2, 0.25) is 0 Å². The predicted molar refractivity (Wildman–Crippen MR) is 52.2 cm³/mol. The van der Waals surface area contributed by atoms with Gasteiger partial charge in [0.05, 0.1) is 0 Å². The van der Waals surface area contributed by atoms with E-state index >= 15 is 0 Å². The number of nitrogens with one attached hydrogen (secondary N) is 1. The van der Waals surface area contributed by atoms with Crippen LogP contribution in [0.1, 0.15) is 51.9 Å². The Kier molecular flexibility index (Phi) is 2.40. The van der Waals surface area contributed by atoms with E-state index in [0.717, 1.165) is 5.92 Å². The molecule has 1 saturated carbocycles. The molecule has 0 bridgehead atoms. The Morgan fingerprint density at radius 3 is 2.83 bits per heavy atom. The molecule has 0 aromatic carbocycles. The zero-order chi connectivity index (χ0) is 8.44. The molecule has 1 N–H and O–H groups in total. The Hall–Kier alpha value is -0.0400. The fourth-order valence-electron chi connectivity index (χ4n) is 2.43. The van der Waals surface area contributed by atoms with Crippen LogP contribution < -0.4 is 5.32 Å². The summed E-state index contributed by atoms with van der Waals surface area (Å²) in [5.41, 5.74) is 0.498. The molecule has 1 unspecified atom stereocenters. The number of rotatable bonds is 2. The second-order valence-corrected chi connectivity index (χ2v) is 4.95. The van der Waals surface area contributed by atoms with Crippen LogP contribution in [0.15, 0.2) is 0 Å². The van der Waals surface area contributed by atoms with Crippen molar-refractivity contribution in [3.63, 3.8) is 0 Å². The number of hydrogen-bond acceptors (Lipinski definition) is 1. The van der Waals surface area contributed by atoms with Gasteiger partial charge < -0.3 is 5.32 Å². The average molecular weight is 167 g/mol. The second-order valence-electron chi connectivity index (χ2n) is 4.95. The van der Waals surface area contributed by atoms with E-state index in [0.29, 0.717) is 5.54 Å². The molecule has 2 fully saturated rings. The van der Waals surface area contributed by atoms with E-state index in [1.807, 2.05) is 0 Å². The number of hydrogen-bond donors (Lipinski definition) is 1. The van der Waals surface area contributed by atoms with Crippen molar-refractivity contribution in [3.8, 4) is 0 Å². The molecule has 1 atom stereocenters. The van der Waals surface area contributed by atoms with Crippen LogP contribution in [0.5, 0.6) is 0 Å². The Balaban J connectivity index is 1.86. The highest BCUT2D eigenvalue weighted by Crippen LogP contribution is 2.38. The van der Waals surface area contributed by atoms with E-state index in [-0.39, 0.29) is 0 Å². The van der Waals surface area contributed by atoms with Crippen molar-refractivity contribution in [1.82, 2.24) is 5.32 Å². The summed E-state index contributed by atoms with van der Waals surface area (Å²) in [5.74, 6) is 1.07. The van der Waals surface area contributed by atoms with Crippen LogP contribution in [-0.2, 0) is 0 Å². The van der Waals surface area contributed by atoms with E-state index < -0.39 is 0 Å². The van der Waals surface area contributed by atoms with Crippen LogP contribution in [-0.4, -0.2) is 12.1 Å². The maximum absolute atomic E-state index is 3.73. The molecule has 1 heterocycles. The van der Waals surface area contributed by atoms with Crippen molar-refractivity contribution in [2.24, 2.45) is 5.92 Å². The zero-order valence-electron chi connectivity index (χ0n) is 8.23. The van der Waals surface area contributed by atoms with Gasteiger partial charge in [-0.3, -0.25) is 0 Å².